The van der Waals surface area contributed by atoms with E-state index in [1.807, 2.05) is 74.5 Å². The Morgan fingerprint density at radius 3 is 1.66 bits per heavy atom. The number of alkyl carbamates (subject to hydrolysis) is 1. The number of benzene rings is 4. The van der Waals surface area contributed by atoms with Crippen LogP contribution in [0, 0.1) is 39.8 Å². The van der Waals surface area contributed by atoms with Crippen molar-refractivity contribution < 1.29 is 115 Å². The number of amides is 6. The zero-order valence-corrected chi connectivity index (χ0v) is 74.3. The van der Waals surface area contributed by atoms with E-state index in [1.165, 1.54) is 53.8 Å². The summed E-state index contributed by atoms with van der Waals surface area (Å²) in [6.07, 6.45) is 19.5. The second kappa shape index (κ2) is 49.7. The summed E-state index contributed by atoms with van der Waals surface area (Å²) in [6, 6.07) is 26.7. The number of Topliss-reactive ketones (excluding diaryl/α,β-unsaturated/α-hetero) is 1. The predicted octanol–water partition coefficient (Wildman–Crippen LogP) is 10.9. The third-order valence-corrected chi connectivity index (χ3v) is 23.1. The van der Waals surface area contributed by atoms with Crippen molar-refractivity contribution in [2.24, 2.45) is 33.1 Å². The SMILES string of the molecule is C.C#CC1(C)CC1.CC(=O)OCc1ccccc1.CC1(C(=O)O)CC1.CC1(C=O)CC1.CCn1cc(C(=O)O)c(=O)c2cc(F)c(N3CCN(C(=O)OCc4ccc(NC(=O)[C@H](CCCNC(N)=O)n5cc(C6(NC(=O)OCc7ccccc7)CC6)nn5)cc4)CC3)cc21.CNOC.CON(C)C(=O)C1(C)CC1.COP(=O)(OC)C(=[N+]=[N-])C(C)=O.NC1(C(=O)O)CC1. The van der Waals surface area contributed by atoms with Crippen LogP contribution in [0.25, 0.3) is 16.4 Å². The summed E-state index contributed by atoms with van der Waals surface area (Å²) in [7, 11) is 4.92. The molecule has 1 atom stereocenters. The quantitative estimate of drug-likeness (QED) is 0.00210. The van der Waals surface area contributed by atoms with E-state index in [0.29, 0.717) is 73.1 Å². The Morgan fingerprint density at radius 1 is 0.748 bits per heavy atom. The molecule has 0 unspecified atom stereocenters. The number of hydrogen-bond donors (Lipinski definition) is 9. The molecule has 6 amide bonds. The molecule has 0 radical (unpaired) electrons. The van der Waals surface area contributed by atoms with Gasteiger partial charge in [0.05, 0.1) is 42.6 Å². The number of aryl methyl sites for hydroxylation is 1. The number of urea groups is 1. The third-order valence-electron chi connectivity index (χ3n) is 21.2. The standard InChI is InChI=1S/C43H47FN10O9.C9H10O2.C7H13NO2.C6H8.C5H9N2O4P.C5H8O2.C5H8O.C4H7NO2.C2H7NO.CH4/c1-2-51-23-31(39(57)58)37(55)30-21-32(44)35(22-34(30)51)52-17-19-53(20-18-52)42(61)63-26-28-10-12-29(13-11-28)47-38(56)33(9-6-16-46-40(45)59)54-24-36(49-50-54)43(14-15-43)48-41(60)62-25-27-7-4-3-5-8-27;1-8(10)11-7-9-5-3-2-4-6-9;1-7(4-5-7)6(9)8(2)10-3;1-3-6(2)4-5-6;1-4(8)5(7-6)12(9,10-2)11-3;1-5(2-3-5)4(6)7;1-5(4-6)2-3-5;5-4(1-2-4)3(6)7;1-3-4-2;/h3-5,7-8,10-13,21-24,33H,2,6,9,14-20,25-26H2,1H3,(H,47,56)(H,48,60)(H,57,58)(H3,45,46,59);2-6H,7H2,1H3;4-5H2,1-3H3;1H,4-5H2,2H3;1-3H3;2-3H2,1H3,(H,6,7);4H,2-3H2,1H3;1-2,5H2,(H,6,7);3H,1-2H3;1H4/t33-;;;;;;;;;/m0........./s1. The number of fused-ring (bicyclic) bond motifs is 1. The Bertz CT molecular complexity index is 4890. The highest BCUT2D eigenvalue weighted by Crippen LogP contribution is 2.49. The van der Waals surface area contributed by atoms with E-state index in [0.717, 1.165) is 83.1 Å². The van der Waals surface area contributed by atoms with E-state index in [2.05, 4.69) is 63.3 Å². The average molecular weight is 1790 g/mol. The minimum absolute atomic E-state index is 0. The van der Waals surface area contributed by atoms with E-state index in [4.69, 9.17) is 52.7 Å². The van der Waals surface area contributed by atoms with Crippen molar-refractivity contribution in [3.63, 3.8) is 0 Å². The number of rotatable bonds is 28. The Hall–Kier alpha value is -12.1. The third kappa shape index (κ3) is 34.6. The van der Waals surface area contributed by atoms with Gasteiger partial charge in [-0.1, -0.05) is 99.3 Å². The molecule has 7 fully saturated rings. The molecule has 6 aromatic rings. The maximum atomic E-state index is 15.4. The second-order valence-corrected chi connectivity index (χ2v) is 33.8. The minimum Gasteiger partial charge on any atom is -0.481 e. The lowest BCUT2D eigenvalue weighted by Crippen LogP contribution is -2.49. The molecular formula is C87H121FN15O23P. The number of carbonyl (C=O) groups excluding carboxylic acids is 8. The van der Waals surface area contributed by atoms with Gasteiger partial charge in [-0.15, -0.1) is 17.4 Å². The number of carboxylic acid groups (broad SMARTS) is 3. The van der Waals surface area contributed by atoms with Gasteiger partial charge in [0.2, 0.25) is 17.1 Å². The number of hydroxylamine groups is 3. The van der Waals surface area contributed by atoms with Crippen LogP contribution in [0.15, 0.2) is 114 Å². The van der Waals surface area contributed by atoms with Crippen molar-refractivity contribution in [1.82, 2.24) is 45.6 Å². The highest BCUT2D eigenvalue weighted by atomic mass is 31.2. The molecule has 40 heteroatoms. The van der Waals surface area contributed by atoms with Crippen molar-refractivity contribution in [3.05, 3.63) is 159 Å². The van der Waals surface area contributed by atoms with Crippen molar-refractivity contribution in [3.8, 4) is 12.3 Å². The normalized spacial score (nSPS) is 16.0. The van der Waals surface area contributed by atoms with Gasteiger partial charge in [0.1, 0.15) is 54.8 Å². The number of anilines is 2. The summed E-state index contributed by atoms with van der Waals surface area (Å²) in [5.41, 5.74) is 21.9. The summed E-state index contributed by atoms with van der Waals surface area (Å²) in [5.74, 6) is -2.07. The molecule has 2 aromatic heterocycles. The number of piperazine rings is 1. The number of carboxylic acids is 3. The number of nitrogens with zero attached hydrogens (tertiary/aromatic N) is 9. The first-order valence-corrected chi connectivity index (χ1v) is 42.0. The first-order valence-electron chi connectivity index (χ1n) is 40.4. The Balaban J connectivity index is 0.000000415. The molecule has 127 heavy (non-hydrogen) atoms. The van der Waals surface area contributed by atoms with Gasteiger partial charge in [0, 0.05) is 115 Å². The number of terminal acetylenes is 1. The lowest BCUT2D eigenvalue weighted by molar-refractivity contribution is -0.174. The number of ketones is 1. The highest BCUT2D eigenvalue weighted by molar-refractivity contribution is 7.74. The van der Waals surface area contributed by atoms with E-state index in [-0.39, 0.29) is 99.0 Å². The molecule has 6 saturated carbocycles. The van der Waals surface area contributed by atoms with E-state index < -0.39 is 94.8 Å². The second-order valence-electron chi connectivity index (χ2n) is 31.7. The Labute approximate surface area is 737 Å². The fourth-order valence-corrected chi connectivity index (χ4v) is 12.0. The predicted molar refractivity (Wildman–Crippen MR) is 468 cm³/mol. The number of pyridine rings is 1. The van der Waals surface area contributed by atoms with Crippen LogP contribution in [-0.4, -0.2) is 202 Å². The highest BCUT2D eigenvalue weighted by Gasteiger charge is 2.50. The molecule has 0 spiro atoms. The summed E-state index contributed by atoms with van der Waals surface area (Å²) in [6.45, 7) is 14.2. The summed E-state index contributed by atoms with van der Waals surface area (Å²) >= 11 is 0. The van der Waals surface area contributed by atoms with Crippen LogP contribution in [0.5, 0.6) is 0 Å². The van der Waals surface area contributed by atoms with Crippen molar-refractivity contribution in [1.29, 1.82) is 0 Å². The van der Waals surface area contributed by atoms with Gasteiger partial charge in [0.25, 0.3) is 5.91 Å². The van der Waals surface area contributed by atoms with E-state index >= 15 is 4.39 Å². The topological polar surface area (TPSA) is 529 Å². The number of aldehydes is 1. The molecule has 7 aliphatic rings. The number of hydrogen-bond acceptors (Lipinski definition) is 25. The number of aromatic carboxylic acids is 1. The fourth-order valence-electron chi connectivity index (χ4n) is 11.0. The van der Waals surface area contributed by atoms with Crippen LogP contribution in [0.2, 0.25) is 0 Å². The van der Waals surface area contributed by atoms with Crippen LogP contribution in [-0.2, 0) is 103 Å². The number of nitrogens with two attached hydrogens (primary N) is 2. The number of nitrogens with one attached hydrogen (secondary N) is 4. The molecule has 11 N–H and O–H groups in total. The van der Waals surface area contributed by atoms with Gasteiger partial charge in [0.15, 0.2) is 0 Å². The smallest absolute Gasteiger partial charge is 0.446 e. The number of carbonyl (C=O) groups is 11. The lowest BCUT2D eigenvalue weighted by atomic mass is 10.1. The van der Waals surface area contributed by atoms with Gasteiger partial charge in [-0.05, 0) is 152 Å². The summed E-state index contributed by atoms with van der Waals surface area (Å²) < 4.78 is 54.4. The molecule has 0 bridgehead atoms. The van der Waals surface area contributed by atoms with Crippen molar-refractivity contribution >= 4 is 101 Å². The van der Waals surface area contributed by atoms with Crippen LogP contribution in [0.3, 0.4) is 0 Å². The Morgan fingerprint density at radius 2 is 1.28 bits per heavy atom. The van der Waals surface area contributed by atoms with E-state index in [9.17, 15) is 67.2 Å². The molecular weight excluding hydrogens is 1670 g/mol. The van der Waals surface area contributed by atoms with Gasteiger partial charge in [-0.3, -0.25) is 38.4 Å². The zero-order chi connectivity index (χ0) is 94.0. The van der Waals surface area contributed by atoms with Crippen LogP contribution in [0.1, 0.15) is 185 Å². The van der Waals surface area contributed by atoms with E-state index in [1.54, 1.807) is 75.0 Å². The zero-order valence-electron chi connectivity index (χ0n) is 73.4. The summed E-state index contributed by atoms with van der Waals surface area (Å²) in [5, 5.41) is 44.1. The number of aliphatic carboxylic acids is 2. The van der Waals surface area contributed by atoms with Crippen LogP contribution >= 0.6 is 7.60 Å². The van der Waals surface area contributed by atoms with Gasteiger partial charge < -0.3 is 95.5 Å². The van der Waals surface area contributed by atoms with Crippen LogP contribution in [0.4, 0.5) is 30.1 Å². The molecule has 6 aliphatic carbocycles. The molecule has 1 aliphatic heterocycles. The summed E-state index contributed by atoms with van der Waals surface area (Å²) in [4.78, 5) is 152. The first-order chi connectivity index (χ1) is 59.5. The maximum Gasteiger partial charge on any atom is 0.446 e. The van der Waals surface area contributed by atoms with Crippen molar-refractivity contribution in [2.75, 3.05) is 85.5 Å². The average Bonchev–Trinajstić information content (AvgIpc) is 1.73. The number of esters is 1. The first kappa shape index (κ1) is 107. The molecule has 694 valence electrons. The Kier molecular flexibility index (Phi) is 41.9. The van der Waals surface area contributed by atoms with Gasteiger partial charge in [-0.25, -0.2) is 43.4 Å². The molecule has 4 aromatic carbocycles. The number of aromatic nitrogens is 4. The molecule has 38 nitrogen and oxygen atoms in total. The largest absolute Gasteiger partial charge is 0.481 e. The monoisotopic (exact) mass is 1790 g/mol. The van der Waals surface area contributed by atoms with Crippen LogP contribution < -0.4 is 43.2 Å². The van der Waals surface area contributed by atoms with Crippen molar-refractivity contribution in [2.45, 2.75) is 189 Å². The number of ether oxygens (including phenoxy) is 3. The van der Waals surface area contributed by atoms with Gasteiger partial charge >= 0.3 is 55.1 Å². The molecule has 1 saturated heterocycles. The molecule has 13 rings (SSSR count). The minimum atomic E-state index is -3.70. The maximum absolute atomic E-state index is 15.4. The lowest BCUT2D eigenvalue weighted by Gasteiger charge is -2.35. The fraction of sp³-hybridized carbons (Fsp3) is 0.506. The molecule has 3 heterocycles. The number of primary amides is 1. The number of halogens is 1. The van der Waals surface area contributed by atoms with Gasteiger partial charge in [-0.2, -0.15) is 4.79 Å².